The van der Waals surface area contributed by atoms with Crippen LogP contribution in [0.15, 0.2) is 36.9 Å². The lowest BCUT2D eigenvalue weighted by Gasteiger charge is -2.17. The van der Waals surface area contributed by atoms with Crippen molar-refractivity contribution in [3.8, 4) is 5.75 Å². The second-order valence-electron chi connectivity index (χ2n) is 7.93. The zero-order valence-corrected chi connectivity index (χ0v) is 18.4. The molecule has 0 bridgehead atoms. The molecule has 2 aliphatic rings. The van der Waals surface area contributed by atoms with Gasteiger partial charge < -0.3 is 36.3 Å². The number of nitrogens with two attached hydrogens (primary N) is 2. The summed E-state index contributed by atoms with van der Waals surface area (Å²) in [5.41, 5.74) is 16.8. The summed E-state index contributed by atoms with van der Waals surface area (Å²) in [6.07, 6.45) is 4.96. The summed E-state index contributed by atoms with van der Waals surface area (Å²) in [5, 5.41) is 17.2. The molecule has 8 heteroatoms. The summed E-state index contributed by atoms with van der Waals surface area (Å²) in [6, 6.07) is 6.97. The summed E-state index contributed by atoms with van der Waals surface area (Å²) in [7, 11) is 1.00. The highest BCUT2D eigenvalue weighted by Crippen LogP contribution is 2.41. The number of likely N-dealkylation sites (tertiary alicyclic amines) is 1. The number of aliphatic hydroxyl groups excluding tert-OH is 1. The molecule has 4 rings (SSSR count). The smallest absolute Gasteiger partial charge is 0.245 e. The van der Waals surface area contributed by atoms with E-state index in [9.17, 15) is 9.90 Å². The van der Waals surface area contributed by atoms with E-state index in [1.807, 2.05) is 17.0 Å². The number of amides is 1. The molecule has 2 aromatic rings. The van der Waals surface area contributed by atoms with E-state index in [-0.39, 0.29) is 23.5 Å². The average molecular weight is 441 g/mol. The van der Waals surface area contributed by atoms with Gasteiger partial charge in [-0.25, -0.2) is 0 Å². The zero-order valence-electron chi connectivity index (χ0n) is 18.4. The van der Waals surface area contributed by atoms with E-state index in [2.05, 4.69) is 11.6 Å². The first kappa shape index (κ1) is 23.4. The quantitative estimate of drug-likeness (QED) is 0.453. The number of hydrogen-bond donors (Lipinski definition) is 5. The third kappa shape index (κ3) is 4.66. The Bertz CT molecular complexity index is 992. The molecule has 0 aliphatic carbocycles. The van der Waals surface area contributed by atoms with Crippen LogP contribution in [0.2, 0.25) is 0 Å². The Morgan fingerprint density at radius 3 is 2.69 bits per heavy atom. The SMILES string of the molecule is C=CC(=O)N1CCC(c2[nH]c(N)c(/C=C(\N)c3ccccc3O)c2C2CCOC2)C1.CO. The molecule has 8 nitrogen and oxygen atoms in total. The number of aromatic nitrogens is 1. The maximum Gasteiger partial charge on any atom is 0.245 e. The van der Waals surface area contributed by atoms with E-state index < -0.39 is 0 Å². The predicted molar refractivity (Wildman–Crippen MR) is 126 cm³/mol. The topological polar surface area (TPSA) is 138 Å². The van der Waals surface area contributed by atoms with Gasteiger partial charge in [0.1, 0.15) is 11.6 Å². The molecule has 1 aromatic carbocycles. The number of para-hydroxylation sites is 1. The molecule has 2 fully saturated rings. The molecular formula is C24H32N4O4. The first-order valence-electron chi connectivity index (χ1n) is 10.7. The highest BCUT2D eigenvalue weighted by atomic mass is 16.5. The number of anilines is 1. The van der Waals surface area contributed by atoms with Gasteiger partial charge in [-0.05, 0) is 42.7 Å². The van der Waals surface area contributed by atoms with E-state index in [0.717, 1.165) is 36.8 Å². The van der Waals surface area contributed by atoms with E-state index in [0.29, 0.717) is 43.4 Å². The Morgan fingerprint density at radius 2 is 2.03 bits per heavy atom. The van der Waals surface area contributed by atoms with E-state index in [4.69, 9.17) is 21.3 Å². The second-order valence-corrected chi connectivity index (χ2v) is 7.93. The Labute approximate surface area is 188 Å². The van der Waals surface area contributed by atoms with Gasteiger partial charge in [0.25, 0.3) is 0 Å². The summed E-state index contributed by atoms with van der Waals surface area (Å²) in [4.78, 5) is 17.2. The number of nitrogen functional groups attached to an aromatic ring is 1. The molecule has 1 aromatic heterocycles. The maximum absolute atomic E-state index is 12.0. The number of carbonyl (C=O) groups is 1. The Hall–Kier alpha value is -3.23. The largest absolute Gasteiger partial charge is 0.507 e. The van der Waals surface area contributed by atoms with Gasteiger partial charge in [-0.1, -0.05) is 18.7 Å². The molecule has 2 unspecified atom stereocenters. The van der Waals surface area contributed by atoms with Crippen LogP contribution in [0.4, 0.5) is 5.82 Å². The second kappa shape index (κ2) is 10.4. The van der Waals surface area contributed by atoms with Crippen molar-refractivity contribution in [3.05, 3.63) is 59.3 Å². The number of aliphatic hydroxyl groups is 1. The number of rotatable bonds is 5. The summed E-state index contributed by atoms with van der Waals surface area (Å²) >= 11 is 0. The van der Waals surface area contributed by atoms with Crippen LogP contribution < -0.4 is 11.5 Å². The Balaban J connectivity index is 0.00000141. The number of hydrogen-bond acceptors (Lipinski definition) is 6. The molecule has 172 valence electrons. The zero-order chi connectivity index (χ0) is 23.3. The molecule has 2 saturated heterocycles. The standard InChI is InChI=1S/C23H28N4O3.CH4O/c1-2-20(29)27-9-7-14(12-27)22-21(15-8-10-30-13-15)17(23(25)26-22)11-18(24)16-5-3-4-6-19(16)28;1-2/h2-6,11,14-15,26,28H,1,7-10,12-13,24-25H2;2H,1H3/b18-11-;. The van der Waals surface area contributed by atoms with Crippen molar-refractivity contribution in [3.63, 3.8) is 0 Å². The first-order chi connectivity index (χ1) is 15.5. The van der Waals surface area contributed by atoms with E-state index >= 15 is 0 Å². The van der Waals surface area contributed by atoms with Crippen LogP contribution in [0, 0.1) is 0 Å². The molecule has 7 N–H and O–H groups in total. The number of nitrogens with zero attached hydrogens (tertiary/aromatic N) is 1. The minimum atomic E-state index is -0.0494. The number of benzene rings is 1. The predicted octanol–water partition coefficient (Wildman–Crippen LogP) is 2.37. The summed E-state index contributed by atoms with van der Waals surface area (Å²) < 4.78 is 5.65. The number of phenols is 1. The van der Waals surface area contributed by atoms with Gasteiger partial charge in [-0.15, -0.1) is 0 Å². The van der Waals surface area contributed by atoms with Gasteiger partial charge in [-0.3, -0.25) is 4.79 Å². The highest BCUT2D eigenvalue weighted by Gasteiger charge is 2.34. The van der Waals surface area contributed by atoms with E-state index in [1.54, 1.807) is 18.2 Å². The summed E-state index contributed by atoms with van der Waals surface area (Å²) in [5.74, 6) is 0.993. The van der Waals surface area contributed by atoms with Crippen LogP contribution >= 0.6 is 0 Å². The van der Waals surface area contributed by atoms with Crippen LogP contribution in [0.3, 0.4) is 0 Å². The third-order valence-electron chi connectivity index (χ3n) is 6.08. The monoisotopic (exact) mass is 440 g/mol. The number of ether oxygens (including phenoxy) is 1. The number of carbonyl (C=O) groups excluding carboxylic acids is 1. The van der Waals surface area contributed by atoms with Crippen LogP contribution in [-0.4, -0.2) is 59.4 Å². The average Bonchev–Trinajstić information content (AvgIpc) is 3.56. The minimum absolute atomic E-state index is 0.0494. The van der Waals surface area contributed by atoms with Crippen LogP contribution in [-0.2, 0) is 9.53 Å². The Kier molecular flexibility index (Phi) is 7.61. The molecule has 2 aliphatic heterocycles. The van der Waals surface area contributed by atoms with Gasteiger partial charge in [0.05, 0.1) is 6.61 Å². The molecule has 0 spiro atoms. The number of aromatic hydroxyl groups is 1. The van der Waals surface area contributed by atoms with Crippen molar-refractivity contribution >= 4 is 23.5 Å². The number of nitrogens with one attached hydrogen (secondary N) is 1. The fourth-order valence-electron chi connectivity index (χ4n) is 4.53. The van der Waals surface area contributed by atoms with Crippen molar-refractivity contribution in [2.24, 2.45) is 5.73 Å². The Morgan fingerprint density at radius 1 is 1.28 bits per heavy atom. The van der Waals surface area contributed by atoms with Gasteiger partial charge in [0.2, 0.25) is 5.91 Å². The van der Waals surface area contributed by atoms with Gasteiger partial charge in [0.15, 0.2) is 0 Å². The van der Waals surface area contributed by atoms with Gasteiger partial charge >= 0.3 is 0 Å². The lowest BCUT2D eigenvalue weighted by atomic mass is 9.88. The number of phenolic OH excluding ortho intramolecular Hbond substituents is 1. The maximum atomic E-state index is 12.0. The van der Waals surface area contributed by atoms with Gasteiger partial charge in [0, 0.05) is 61.2 Å². The normalized spacial score (nSPS) is 20.7. The molecule has 3 heterocycles. The van der Waals surface area contributed by atoms with Crippen LogP contribution in [0.1, 0.15) is 47.1 Å². The van der Waals surface area contributed by atoms with Crippen LogP contribution in [0.25, 0.3) is 11.8 Å². The lowest BCUT2D eigenvalue weighted by molar-refractivity contribution is -0.125. The molecule has 1 amide bonds. The van der Waals surface area contributed by atoms with Crippen molar-refractivity contribution in [1.29, 1.82) is 0 Å². The van der Waals surface area contributed by atoms with Crippen molar-refractivity contribution in [2.45, 2.75) is 24.7 Å². The molecule has 0 radical (unpaired) electrons. The van der Waals surface area contributed by atoms with Crippen molar-refractivity contribution < 1.29 is 19.7 Å². The molecular weight excluding hydrogens is 408 g/mol. The summed E-state index contributed by atoms with van der Waals surface area (Å²) in [6.45, 7) is 6.25. The lowest BCUT2D eigenvalue weighted by Crippen LogP contribution is -2.26. The highest BCUT2D eigenvalue weighted by molar-refractivity contribution is 5.88. The molecule has 32 heavy (non-hydrogen) atoms. The minimum Gasteiger partial charge on any atom is -0.507 e. The van der Waals surface area contributed by atoms with E-state index in [1.165, 1.54) is 6.08 Å². The first-order valence-corrected chi connectivity index (χ1v) is 10.7. The van der Waals surface area contributed by atoms with Crippen molar-refractivity contribution in [2.75, 3.05) is 39.1 Å². The number of aromatic amines is 1. The molecule has 0 saturated carbocycles. The fraction of sp³-hybridized carbons (Fsp3) is 0.375. The third-order valence-corrected chi connectivity index (χ3v) is 6.08. The van der Waals surface area contributed by atoms with Crippen LogP contribution in [0.5, 0.6) is 5.75 Å². The number of H-pyrrole nitrogens is 1. The van der Waals surface area contributed by atoms with Crippen molar-refractivity contribution in [1.82, 2.24) is 9.88 Å². The molecule has 2 atom stereocenters. The fourth-order valence-corrected chi connectivity index (χ4v) is 4.53. The van der Waals surface area contributed by atoms with Gasteiger partial charge in [-0.2, -0.15) is 0 Å².